The zero-order valence-electron chi connectivity index (χ0n) is 8.08. The molecule has 0 radical (unpaired) electrons. The molecule has 0 aromatic heterocycles. The summed E-state index contributed by atoms with van der Waals surface area (Å²) in [5.41, 5.74) is 0. The Bertz CT molecular complexity index is 311. The fourth-order valence-electron chi connectivity index (χ4n) is 0.733. The van der Waals surface area contributed by atoms with Gasteiger partial charge in [-0.15, -0.1) is 24.3 Å². The summed E-state index contributed by atoms with van der Waals surface area (Å²) in [5.74, 6) is -0.419. The van der Waals surface area contributed by atoms with Gasteiger partial charge in [0.1, 0.15) is 0 Å². The summed E-state index contributed by atoms with van der Waals surface area (Å²) in [6, 6.07) is 17.0. The van der Waals surface area contributed by atoms with Crippen molar-refractivity contribution in [2.75, 3.05) is 0 Å². The zero-order chi connectivity index (χ0) is 10.2. The molecule has 2 rings (SSSR count). The summed E-state index contributed by atoms with van der Waals surface area (Å²) in [6.45, 7) is 0. The van der Waals surface area contributed by atoms with Crippen LogP contribution in [-0.4, -0.2) is 0 Å². The van der Waals surface area contributed by atoms with Crippen LogP contribution in [0.3, 0.4) is 0 Å². The van der Waals surface area contributed by atoms with Crippen molar-refractivity contribution < 1.29 is 36.1 Å². The second-order valence-corrected chi connectivity index (χ2v) is 2.44. The van der Waals surface area contributed by atoms with Crippen LogP contribution in [-0.2, 0) is 27.3 Å². The van der Waals surface area contributed by atoms with Gasteiger partial charge < -0.3 is 0 Å². The fourth-order valence-corrected chi connectivity index (χ4v) is 0.733. The van der Waals surface area contributed by atoms with Gasteiger partial charge >= 0.3 is 27.3 Å². The van der Waals surface area contributed by atoms with E-state index in [0.717, 1.165) is 0 Å². The molecule has 72 valence electrons. The van der Waals surface area contributed by atoms with Crippen molar-refractivity contribution in [2.24, 2.45) is 0 Å². The van der Waals surface area contributed by atoms with E-state index in [4.69, 9.17) is 0 Å². The summed E-state index contributed by atoms with van der Waals surface area (Å²) in [6.07, 6.45) is 0. The Morgan fingerprint density at radius 2 is 0.933 bits per heavy atom. The van der Waals surface area contributed by atoms with Crippen LogP contribution in [0.15, 0.2) is 48.5 Å². The average molecular weight is 303 g/mol. The van der Waals surface area contributed by atoms with E-state index in [-0.39, 0.29) is 38.9 Å². The Kier molecular flexibility index (Phi) is 8.08. The smallest absolute Gasteiger partial charge is 0.236 e. The van der Waals surface area contributed by atoms with Gasteiger partial charge in [-0.25, -0.2) is 8.78 Å². The van der Waals surface area contributed by atoms with Gasteiger partial charge in [-0.1, -0.05) is 0 Å². The molecule has 0 saturated heterocycles. The Morgan fingerprint density at radius 1 is 0.667 bits per heavy atom. The summed E-state index contributed by atoms with van der Waals surface area (Å²) in [4.78, 5) is 0. The molecule has 0 saturated carbocycles. The minimum atomic E-state index is -0.209. The van der Waals surface area contributed by atoms with Crippen molar-refractivity contribution in [3.63, 3.8) is 0 Å². The first-order valence-corrected chi connectivity index (χ1v) is 4.02. The Balaban J connectivity index is 0.000000245. The van der Waals surface area contributed by atoms with Crippen LogP contribution in [0.25, 0.3) is 0 Å². The van der Waals surface area contributed by atoms with Crippen LogP contribution in [0.1, 0.15) is 0 Å². The minimum absolute atomic E-state index is 0. The van der Waals surface area contributed by atoms with Crippen LogP contribution in [0.5, 0.6) is 0 Å². The van der Waals surface area contributed by atoms with Crippen molar-refractivity contribution in [2.45, 2.75) is 0 Å². The van der Waals surface area contributed by atoms with E-state index in [0.29, 0.717) is 0 Å². The van der Waals surface area contributed by atoms with E-state index >= 15 is 0 Å². The van der Waals surface area contributed by atoms with E-state index in [1.807, 2.05) is 0 Å². The summed E-state index contributed by atoms with van der Waals surface area (Å²) in [7, 11) is 0. The molecule has 15 heavy (non-hydrogen) atoms. The van der Waals surface area contributed by atoms with Gasteiger partial charge in [0.25, 0.3) is 0 Å². The second-order valence-electron chi connectivity index (χ2n) is 2.44. The van der Waals surface area contributed by atoms with Gasteiger partial charge in [0.15, 0.2) is 0 Å². The van der Waals surface area contributed by atoms with E-state index in [1.54, 1.807) is 0 Å². The molecule has 0 amide bonds. The molecule has 0 bridgehead atoms. The monoisotopic (exact) mass is 304 g/mol. The number of halogens is 2. The van der Waals surface area contributed by atoms with E-state index < -0.39 is 0 Å². The van der Waals surface area contributed by atoms with Gasteiger partial charge in [0.05, 0.1) is 0 Å². The molecular formula is C12H8CdF2. The first kappa shape index (κ1) is 14.2. The van der Waals surface area contributed by atoms with Gasteiger partial charge in [0.2, 0.25) is 0 Å². The molecule has 0 aliphatic carbocycles. The molecule has 0 N–H and O–H groups in total. The SMILES string of the molecule is Fc1cc[c-]cc1.Fc1cc[c-]cc1.[Cd+2]. The number of rotatable bonds is 0. The van der Waals surface area contributed by atoms with Crippen molar-refractivity contribution in [3.05, 3.63) is 72.3 Å². The van der Waals surface area contributed by atoms with Crippen LogP contribution in [0.4, 0.5) is 8.78 Å². The maximum Gasteiger partial charge on any atom is 2.00 e. The van der Waals surface area contributed by atoms with E-state index in [2.05, 4.69) is 12.1 Å². The van der Waals surface area contributed by atoms with E-state index in [9.17, 15) is 8.78 Å². The molecule has 0 heterocycles. The topological polar surface area (TPSA) is 0 Å². The fraction of sp³-hybridized carbons (Fsp3) is 0. The van der Waals surface area contributed by atoms with Crippen LogP contribution >= 0.6 is 0 Å². The van der Waals surface area contributed by atoms with E-state index in [1.165, 1.54) is 48.5 Å². The second kappa shape index (κ2) is 8.52. The van der Waals surface area contributed by atoms with Gasteiger partial charge in [-0.05, 0) is 0 Å². The molecule has 0 spiro atoms. The van der Waals surface area contributed by atoms with Gasteiger partial charge in [-0.2, -0.15) is 36.4 Å². The molecule has 2 aromatic carbocycles. The van der Waals surface area contributed by atoms with Crippen molar-refractivity contribution >= 4 is 0 Å². The summed E-state index contributed by atoms with van der Waals surface area (Å²) < 4.78 is 23.8. The summed E-state index contributed by atoms with van der Waals surface area (Å²) >= 11 is 0. The Labute approximate surface area is 108 Å². The molecule has 0 nitrogen and oxygen atoms in total. The molecule has 0 aliphatic rings. The zero-order valence-corrected chi connectivity index (χ0v) is 12.1. The van der Waals surface area contributed by atoms with Crippen molar-refractivity contribution in [3.8, 4) is 0 Å². The quantitative estimate of drug-likeness (QED) is 0.518. The molecular weight excluding hydrogens is 295 g/mol. The minimum Gasteiger partial charge on any atom is -0.236 e. The largest absolute Gasteiger partial charge is 2.00 e. The number of hydrogen-bond acceptors (Lipinski definition) is 0. The van der Waals surface area contributed by atoms with Crippen molar-refractivity contribution in [1.82, 2.24) is 0 Å². The predicted molar refractivity (Wildman–Crippen MR) is 50.5 cm³/mol. The summed E-state index contributed by atoms with van der Waals surface area (Å²) in [5, 5.41) is 0. The Hall–Kier alpha value is -0.778. The molecule has 0 fully saturated rings. The first-order valence-electron chi connectivity index (χ1n) is 4.02. The number of hydrogen-bond donors (Lipinski definition) is 0. The normalized spacial score (nSPS) is 8.13. The molecule has 0 unspecified atom stereocenters. The number of benzene rings is 2. The molecule has 3 heteroatoms. The standard InChI is InChI=1S/2C6H4F.Cd/c2*7-6-4-2-1-3-5-6;/h2*2-5H;/q2*-1;+2. The molecule has 0 atom stereocenters. The molecule has 2 aromatic rings. The van der Waals surface area contributed by atoms with Gasteiger partial charge in [-0.3, -0.25) is 0 Å². The van der Waals surface area contributed by atoms with Crippen molar-refractivity contribution in [1.29, 1.82) is 0 Å². The van der Waals surface area contributed by atoms with Crippen LogP contribution in [0.2, 0.25) is 0 Å². The third-order valence-corrected chi connectivity index (χ3v) is 1.36. The third kappa shape index (κ3) is 7.19. The van der Waals surface area contributed by atoms with Gasteiger partial charge in [0, 0.05) is 11.6 Å². The maximum absolute atomic E-state index is 11.9. The van der Waals surface area contributed by atoms with Crippen LogP contribution < -0.4 is 0 Å². The van der Waals surface area contributed by atoms with Crippen LogP contribution in [0, 0.1) is 23.8 Å². The molecule has 0 aliphatic heterocycles. The third-order valence-electron chi connectivity index (χ3n) is 1.36. The average Bonchev–Trinajstić information content (AvgIpc) is 2.21. The first-order chi connectivity index (χ1) is 6.79. The predicted octanol–water partition coefficient (Wildman–Crippen LogP) is 3.25. The Morgan fingerprint density at radius 3 is 1.07 bits per heavy atom. The maximum atomic E-state index is 11.9.